The van der Waals surface area contributed by atoms with Crippen LogP contribution in [0.15, 0.2) is 95.7 Å². The Morgan fingerprint density at radius 2 is 1.41 bits per heavy atom. The number of aromatic hydroxyl groups is 1. The number of aliphatic carboxylic acids is 2. The highest BCUT2D eigenvalue weighted by Gasteiger charge is 2.37. The van der Waals surface area contributed by atoms with Gasteiger partial charge in [0.2, 0.25) is 35.4 Å². The molecule has 3 rings (SSSR count). The standard InChI is InChI=1S/C53H74N10O13/c1-29(27-30(2)42(76-8)28-36-13-10-9-11-14-36)16-22-38-31(3)45(66)61-41(51(72)73)24-25-43(65)63(7)34(6)48(69)57-33(5)47(68)60-40(23-19-35-17-20-37(64)21-18-35)50(71)62-44(52(74)75)32(4)46(67)59-39(49(70)58-38)15-12-26-56-53(54)55/h9-11,13-14,16-18,20-22,27,30-33,38-42,44,64H,6,12,15,19,23-26,28H2,1-5,7-8H3,(H,57,69)(H,58,70)(H,59,67)(H,60,68)(H,61,66)(H,62,71)(H,72,73)(H,74,75)(H4,54,55,56). The molecule has 0 bridgehead atoms. The van der Waals surface area contributed by atoms with Crippen LogP contribution in [0.4, 0.5) is 0 Å². The normalized spacial score (nSPS) is 24.3. The van der Waals surface area contributed by atoms with Crippen molar-refractivity contribution in [2.75, 3.05) is 20.7 Å². The Bertz CT molecular complexity index is 2480. The Morgan fingerprint density at radius 1 is 0.803 bits per heavy atom. The predicted octanol–water partition coefficient (Wildman–Crippen LogP) is 0.911. The summed E-state index contributed by atoms with van der Waals surface area (Å²) in [4.78, 5) is 127. The molecule has 1 heterocycles. The minimum absolute atomic E-state index is 0.00489. The minimum atomic E-state index is -1.95. The second kappa shape index (κ2) is 30.3. The molecule has 1 fully saturated rings. The number of rotatable bonds is 16. The number of carboxylic acids is 2. The second-order valence-corrected chi connectivity index (χ2v) is 18.8. The van der Waals surface area contributed by atoms with E-state index >= 15 is 0 Å². The van der Waals surface area contributed by atoms with E-state index < -0.39 is 120 Å². The molecule has 0 radical (unpaired) electrons. The van der Waals surface area contributed by atoms with Crippen LogP contribution < -0.4 is 43.4 Å². The van der Waals surface area contributed by atoms with Crippen LogP contribution in [0.3, 0.4) is 0 Å². The number of allylic oxidation sites excluding steroid dienone is 2. The van der Waals surface area contributed by atoms with Crippen LogP contribution in [0.2, 0.25) is 0 Å². The van der Waals surface area contributed by atoms with Crippen molar-refractivity contribution in [2.45, 2.75) is 122 Å². The molecule has 2 aromatic carbocycles. The number of hydrogen-bond acceptors (Lipinski definition) is 12. The number of methoxy groups -OCH3 is 1. The van der Waals surface area contributed by atoms with E-state index in [4.69, 9.17) is 16.2 Å². The average Bonchev–Trinajstić information content (AvgIpc) is 3.37. The van der Waals surface area contributed by atoms with E-state index in [1.165, 1.54) is 46.0 Å². The molecule has 1 aliphatic rings. The van der Waals surface area contributed by atoms with Gasteiger partial charge < -0.3 is 68.3 Å². The average molecular weight is 1060 g/mol. The van der Waals surface area contributed by atoms with Gasteiger partial charge in [-0.1, -0.05) is 93.6 Å². The Labute approximate surface area is 442 Å². The van der Waals surface area contributed by atoms with Gasteiger partial charge in [0, 0.05) is 33.0 Å². The lowest BCUT2D eigenvalue weighted by Crippen LogP contribution is -2.59. The molecule has 23 heteroatoms. The Balaban J connectivity index is 2.13. The quantitative estimate of drug-likeness (QED) is 0.0366. The molecular weight excluding hydrogens is 985 g/mol. The SMILES string of the molecule is C=C1C(=O)NC(C)C(=O)NC(CCc2ccc(O)cc2)C(=O)NC(C(=O)O)C(C)C(=O)NC(CCCN=C(N)N)C(=O)NC(C=CC(C)=CC(C)C(Cc2ccccc2)OC)C(C)C(=O)NC(C(=O)O)CCC(=O)N1C. The molecule has 0 spiro atoms. The van der Waals surface area contributed by atoms with E-state index in [0.717, 1.165) is 10.5 Å². The first-order valence-electron chi connectivity index (χ1n) is 24.8. The number of phenols is 1. The van der Waals surface area contributed by atoms with E-state index in [0.29, 0.717) is 17.6 Å². The fourth-order valence-corrected chi connectivity index (χ4v) is 8.00. The van der Waals surface area contributed by atoms with Gasteiger partial charge in [0.15, 0.2) is 5.96 Å². The Morgan fingerprint density at radius 3 is 2.01 bits per heavy atom. The summed E-state index contributed by atoms with van der Waals surface area (Å²) in [6.45, 7) is 11.3. The molecule has 0 saturated carbocycles. The maximum absolute atomic E-state index is 14.5. The fourth-order valence-electron chi connectivity index (χ4n) is 8.00. The van der Waals surface area contributed by atoms with Crippen molar-refractivity contribution in [2.24, 2.45) is 34.2 Å². The number of nitrogens with one attached hydrogen (secondary N) is 6. The first-order chi connectivity index (χ1) is 35.8. The highest BCUT2D eigenvalue weighted by molar-refractivity contribution is 6.00. The third-order valence-corrected chi connectivity index (χ3v) is 12.9. The number of phenolic OH excluding ortho intramolecular Hbond substituents is 1. The zero-order chi connectivity index (χ0) is 56.8. The number of likely N-dealkylation sites (N-methyl/N-ethyl adjacent to an activating group) is 1. The van der Waals surface area contributed by atoms with E-state index in [9.17, 15) is 58.5 Å². The van der Waals surface area contributed by atoms with Gasteiger partial charge in [0.05, 0.1) is 24.0 Å². The molecule has 13 N–H and O–H groups in total. The van der Waals surface area contributed by atoms with Crippen molar-refractivity contribution in [3.63, 3.8) is 0 Å². The summed E-state index contributed by atoms with van der Waals surface area (Å²) < 4.78 is 5.82. The number of aliphatic imine (C=N–C) groups is 1. The summed E-state index contributed by atoms with van der Waals surface area (Å²) in [5.41, 5.74) is 13.0. The monoisotopic (exact) mass is 1060 g/mol. The van der Waals surface area contributed by atoms with Gasteiger partial charge >= 0.3 is 11.9 Å². The molecule has 1 saturated heterocycles. The fraction of sp³-hybridized carbons (Fsp3) is 0.472. The van der Waals surface area contributed by atoms with E-state index in [-0.39, 0.29) is 56.0 Å². The summed E-state index contributed by atoms with van der Waals surface area (Å²) in [7, 11) is 2.80. The van der Waals surface area contributed by atoms with E-state index in [2.05, 4.69) is 43.5 Å². The second-order valence-electron chi connectivity index (χ2n) is 18.8. The van der Waals surface area contributed by atoms with E-state index in [1.807, 2.05) is 43.3 Å². The number of aryl methyl sites for hydroxylation is 1. The lowest BCUT2D eigenvalue weighted by atomic mass is 9.94. The first-order valence-corrected chi connectivity index (χ1v) is 24.8. The number of nitrogens with two attached hydrogens (primary N) is 2. The third-order valence-electron chi connectivity index (χ3n) is 12.9. The maximum atomic E-state index is 14.5. The lowest BCUT2D eigenvalue weighted by molar-refractivity contribution is -0.146. The molecule has 10 atom stereocenters. The molecule has 0 aromatic heterocycles. The number of carbonyl (C=O) groups is 9. The van der Waals surface area contributed by atoms with Crippen LogP contribution in [0, 0.1) is 17.8 Å². The molecule has 0 aliphatic carbocycles. The highest BCUT2D eigenvalue weighted by Crippen LogP contribution is 2.19. The highest BCUT2D eigenvalue weighted by atomic mass is 16.5. The number of carbonyl (C=O) groups excluding carboxylic acids is 7. The summed E-state index contributed by atoms with van der Waals surface area (Å²) in [5.74, 6) is -12.8. The molecule has 10 unspecified atom stereocenters. The summed E-state index contributed by atoms with van der Waals surface area (Å²) in [5, 5.41) is 45.5. The first kappa shape index (κ1) is 62.2. The topological polar surface area (TPSA) is 363 Å². The van der Waals surface area contributed by atoms with Gasteiger partial charge in [-0.05, 0) is 75.6 Å². The van der Waals surface area contributed by atoms with Crippen LogP contribution in [0.25, 0.3) is 0 Å². The molecule has 414 valence electrons. The Hall–Kier alpha value is -8.08. The van der Waals surface area contributed by atoms with Crippen molar-refractivity contribution >= 4 is 59.2 Å². The number of guanidine groups is 1. The van der Waals surface area contributed by atoms with Gasteiger partial charge in [-0.3, -0.25) is 38.6 Å². The van der Waals surface area contributed by atoms with Gasteiger partial charge in [-0.2, -0.15) is 0 Å². The van der Waals surface area contributed by atoms with Gasteiger partial charge in [-0.15, -0.1) is 0 Å². The minimum Gasteiger partial charge on any atom is -0.508 e. The third kappa shape index (κ3) is 20.0. The van der Waals surface area contributed by atoms with Crippen LogP contribution in [0.5, 0.6) is 5.75 Å². The zero-order valence-corrected chi connectivity index (χ0v) is 44.0. The van der Waals surface area contributed by atoms with Crippen LogP contribution in [-0.2, 0) is 60.7 Å². The maximum Gasteiger partial charge on any atom is 0.327 e. The number of carboxylic acid groups (broad SMARTS) is 2. The van der Waals surface area contributed by atoms with Crippen molar-refractivity contribution in [3.8, 4) is 5.75 Å². The van der Waals surface area contributed by atoms with Crippen molar-refractivity contribution in [3.05, 3.63) is 102 Å². The molecule has 23 nitrogen and oxygen atoms in total. The lowest BCUT2D eigenvalue weighted by Gasteiger charge is -2.28. The van der Waals surface area contributed by atoms with Crippen LogP contribution >= 0.6 is 0 Å². The smallest absolute Gasteiger partial charge is 0.327 e. The predicted molar refractivity (Wildman–Crippen MR) is 281 cm³/mol. The van der Waals surface area contributed by atoms with Gasteiger partial charge in [0.1, 0.15) is 41.7 Å². The molecule has 76 heavy (non-hydrogen) atoms. The number of nitrogens with zero attached hydrogens (tertiary/aromatic N) is 2. The Kier molecular flexibility index (Phi) is 24.8. The largest absolute Gasteiger partial charge is 0.508 e. The number of ether oxygens (including phenoxy) is 1. The van der Waals surface area contributed by atoms with Crippen LogP contribution in [-0.4, -0.2) is 143 Å². The van der Waals surface area contributed by atoms with Crippen LogP contribution in [0.1, 0.15) is 77.8 Å². The van der Waals surface area contributed by atoms with Gasteiger partial charge in [-0.25, -0.2) is 9.59 Å². The van der Waals surface area contributed by atoms with Crippen molar-refractivity contribution < 1.29 is 63.2 Å². The molecule has 1 aliphatic heterocycles. The summed E-state index contributed by atoms with van der Waals surface area (Å²) in [6, 6.07) is 6.60. The number of amides is 7. The van der Waals surface area contributed by atoms with Crippen molar-refractivity contribution in [1.29, 1.82) is 0 Å². The molecular formula is C53H74N10O13. The molecule has 7 amide bonds. The zero-order valence-electron chi connectivity index (χ0n) is 44.0. The van der Waals surface area contributed by atoms with E-state index in [1.54, 1.807) is 32.2 Å². The molecule has 2 aromatic rings. The van der Waals surface area contributed by atoms with Gasteiger partial charge in [0.25, 0.3) is 5.91 Å². The number of benzene rings is 2. The van der Waals surface area contributed by atoms with Crippen molar-refractivity contribution in [1.82, 2.24) is 36.8 Å². The summed E-state index contributed by atoms with van der Waals surface area (Å²) in [6.07, 6.45) is 4.47. The number of hydrogen-bond donors (Lipinski definition) is 11. The summed E-state index contributed by atoms with van der Waals surface area (Å²) >= 11 is 0.